The summed E-state index contributed by atoms with van der Waals surface area (Å²) in [6.07, 6.45) is 7.45. The lowest BCUT2D eigenvalue weighted by atomic mass is 9.98. The molecular formula is C15H16BrNO. The molecule has 0 radical (unpaired) electrons. The fraction of sp³-hybridized carbons (Fsp3) is 0.400. The van der Waals surface area contributed by atoms with E-state index in [0.29, 0.717) is 0 Å². The second kappa shape index (κ2) is 4.88. The molecular weight excluding hydrogens is 290 g/mol. The number of hydrogen-bond acceptors (Lipinski definition) is 1. The van der Waals surface area contributed by atoms with Crippen LogP contribution >= 0.6 is 15.9 Å². The topological polar surface area (TPSA) is 20.3 Å². The fourth-order valence-corrected chi connectivity index (χ4v) is 3.44. The van der Waals surface area contributed by atoms with Gasteiger partial charge in [-0.25, -0.2) is 0 Å². The van der Waals surface area contributed by atoms with E-state index in [1.165, 1.54) is 12.0 Å². The van der Waals surface area contributed by atoms with Gasteiger partial charge < -0.3 is 4.90 Å². The van der Waals surface area contributed by atoms with E-state index >= 15 is 0 Å². The monoisotopic (exact) mass is 305 g/mol. The number of benzene rings is 1. The Morgan fingerprint density at radius 3 is 2.89 bits per heavy atom. The van der Waals surface area contributed by atoms with Gasteiger partial charge in [0, 0.05) is 16.6 Å². The number of carbonyl (C=O) groups excluding carboxylic acids is 1. The first-order valence-electron chi connectivity index (χ1n) is 6.55. The Hall–Kier alpha value is -1.09. The number of rotatable bonds is 1. The Morgan fingerprint density at radius 1 is 1.22 bits per heavy atom. The van der Waals surface area contributed by atoms with Crippen molar-refractivity contribution in [2.45, 2.75) is 32.1 Å². The van der Waals surface area contributed by atoms with Crippen molar-refractivity contribution in [3.63, 3.8) is 0 Å². The summed E-state index contributed by atoms with van der Waals surface area (Å²) in [4.78, 5) is 14.5. The molecule has 3 heteroatoms. The van der Waals surface area contributed by atoms with Crippen molar-refractivity contribution < 1.29 is 4.79 Å². The van der Waals surface area contributed by atoms with Gasteiger partial charge in [-0.05, 0) is 59.7 Å². The molecule has 1 aliphatic heterocycles. The first kappa shape index (κ1) is 12.0. The molecule has 3 rings (SSSR count). The molecule has 94 valence electrons. The van der Waals surface area contributed by atoms with Crippen LogP contribution < -0.4 is 4.90 Å². The van der Waals surface area contributed by atoms with Crippen LogP contribution in [0.5, 0.6) is 0 Å². The standard InChI is InChI=1S/C15H16BrNO/c16-13-8-4-7-11-9-10-17(14(11)13)15(18)12-5-2-1-3-6-12/h4-5,7-8H,1-3,6,9-10H2. The molecule has 2 nitrogen and oxygen atoms in total. The zero-order valence-electron chi connectivity index (χ0n) is 10.3. The first-order valence-corrected chi connectivity index (χ1v) is 7.35. The lowest BCUT2D eigenvalue weighted by molar-refractivity contribution is -0.115. The van der Waals surface area contributed by atoms with Crippen molar-refractivity contribution in [3.8, 4) is 0 Å². The van der Waals surface area contributed by atoms with Gasteiger partial charge in [0.05, 0.1) is 5.69 Å². The van der Waals surface area contributed by atoms with Crippen LogP contribution in [0, 0.1) is 0 Å². The van der Waals surface area contributed by atoms with Gasteiger partial charge in [0.2, 0.25) is 0 Å². The normalized spacial score (nSPS) is 18.5. The number of hydrogen-bond donors (Lipinski definition) is 0. The van der Waals surface area contributed by atoms with Gasteiger partial charge in [0.1, 0.15) is 0 Å². The van der Waals surface area contributed by atoms with E-state index in [9.17, 15) is 4.79 Å². The fourth-order valence-electron chi connectivity index (χ4n) is 2.82. The summed E-state index contributed by atoms with van der Waals surface area (Å²) in [5.41, 5.74) is 3.35. The Balaban J connectivity index is 1.92. The Kier molecular flexibility index (Phi) is 3.25. The van der Waals surface area contributed by atoms with Gasteiger partial charge in [-0.2, -0.15) is 0 Å². The molecule has 0 spiro atoms. The molecule has 0 bridgehead atoms. The average Bonchev–Trinajstić information content (AvgIpc) is 2.84. The van der Waals surface area contributed by atoms with E-state index in [1.54, 1.807) is 0 Å². The molecule has 0 saturated carbocycles. The molecule has 1 aliphatic carbocycles. The summed E-state index contributed by atoms with van der Waals surface area (Å²) in [7, 11) is 0. The van der Waals surface area contributed by atoms with Crippen LogP contribution in [-0.4, -0.2) is 12.5 Å². The van der Waals surface area contributed by atoms with E-state index in [0.717, 1.165) is 48.0 Å². The third-order valence-corrected chi connectivity index (χ3v) is 4.40. The molecule has 0 fully saturated rings. The maximum atomic E-state index is 12.6. The van der Waals surface area contributed by atoms with E-state index < -0.39 is 0 Å². The summed E-state index contributed by atoms with van der Waals surface area (Å²) in [6.45, 7) is 0.814. The van der Waals surface area contributed by atoms with Crippen LogP contribution in [0.15, 0.2) is 34.3 Å². The van der Waals surface area contributed by atoms with Crippen molar-refractivity contribution in [2.24, 2.45) is 0 Å². The van der Waals surface area contributed by atoms with Crippen molar-refractivity contribution in [1.82, 2.24) is 0 Å². The molecule has 1 amide bonds. The molecule has 0 N–H and O–H groups in total. The quantitative estimate of drug-likeness (QED) is 0.772. The number of halogens is 1. The number of anilines is 1. The van der Waals surface area contributed by atoms with Gasteiger partial charge in [-0.1, -0.05) is 18.2 Å². The van der Waals surface area contributed by atoms with Crippen molar-refractivity contribution >= 4 is 27.5 Å². The molecule has 1 aromatic rings. The highest BCUT2D eigenvalue weighted by Gasteiger charge is 2.28. The molecule has 1 aromatic carbocycles. The van der Waals surface area contributed by atoms with Crippen LogP contribution in [0.1, 0.15) is 31.2 Å². The second-order valence-corrected chi connectivity index (χ2v) is 5.78. The number of para-hydroxylation sites is 1. The SMILES string of the molecule is O=C(C1=CCCCC1)N1CCc2cccc(Br)c21. The van der Waals surface area contributed by atoms with E-state index in [1.807, 2.05) is 17.0 Å². The van der Waals surface area contributed by atoms with Gasteiger partial charge in [0.15, 0.2) is 0 Å². The molecule has 0 saturated heterocycles. The minimum Gasteiger partial charge on any atom is -0.307 e. The van der Waals surface area contributed by atoms with Crippen molar-refractivity contribution in [3.05, 3.63) is 39.9 Å². The number of amides is 1. The van der Waals surface area contributed by atoms with Crippen LogP contribution in [0.25, 0.3) is 0 Å². The molecule has 2 aliphatic rings. The largest absolute Gasteiger partial charge is 0.307 e. The highest BCUT2D eigenvalue weighted by Crippen LogP contribution is 2.36. The maximum Gasteiger partial charge on any atom is 0.253 e. The molecule has 0 unspecified atom stereocenters. The number of allylic oxidation sites excluding steroid dienone is 1. The lowest BCUT2D eigenvalue weighted by Gasteiger charge is -2.22. The Bertz CT molecular complexity index is 521. The summed E-state index contributed by atoms with van der Waals surface area (Å²) >= 11 is 3.57. The summed E-state index contributed by atoms with van der Waals surface area (Å²) in [6, 6.07) is 6.17. The van der Waals surface area contributed by atoms with Crippen LogP contribution in [0.2, 0.25) is 0 Å². The van der Waals surface area contributed by atoms with Crippen molar-refractivity contribution in [2.75, 3.05) is 11.4 Å². The van der Waals surface area contributed by atoms with E-state index in [2.05, 4.69) is 28.1 Å². The maximum absolute atomic E-state index is 12.6. The minimum atomic E-state index is 0.209. The van der Waals surface area contributed by atoms with Gasteiger partial charge in [-0.3, -0.25) is 4.79 Å². The second-order valence-electron chi connectivity index (χ2n) is 4.93. The number of nitrogens with zero attached hydrogens (tertiary/aromatic N) is 1. The summed E-state index contributed by atoms with van der Waals surface area (Å²) in [5.74, 6) is 0.209. The zero-order valence-corrected chi connectivity index (χ0v) is 11.9. The van der Waals surface area contributed by atoms with E-state index in [-0.39, 0.29) is 5.91 Å². The Morgan fingerprint density at radius 2 is 2.11 bits per heavy atom. The molecule has 0 aromatic heterocycles. The van der Waals surface area contributed by atoms with Crippen LogP contribution in [0.4, 0.5) is 5.69 Å². The lowest BCUT2D eigenvalue weighted by Crippen LogP contribution is -2.31. The van der Waals surface area contributed by atoms with Gasteiger partial charge >= 0.3 is 0 Å². The van der Waals surface area contributed by atoms with Gasteiger partial charge in [-0.15, -0.1) is 0 Å². The zero-order chi connectivity index (χ0) is 12.5. The highest BCUT2D eigenvalue weighted by molar-refractivity contribution is 9.10. The number of fused-ring (bicyclic) bond motifs is 1. The summed E-state index contributed by atoms with van der Waals surface area (Å²) in [5, 5.41) is 0. The highest BCUT2D eigenvalue weighted by atomic mass is 79.9. The molecule has 1 heterocycles. The predicted octanol–water partition coefficient (Wildman–Crippen LogP) is 3.84. The minimum absolute atomic E-state index is 0.209. The third-order valence-electron chi connectivity index (χ3n) is 3.76. The van der Waals surface area contributed by atoms with Crippen LogP contribution in [0.3, 0.4) is 0 Å². The summed E-state index contributed by atoms with van der Waals surface area (Å²) < 4.78 is 1.03. The number of carbonyl (C=O) groups is 1. The predicted molar refractivity (Wildman–Crippen MR) is 76.8 cm³/mol. The van der Waals surface area contributed by atoms with E-state index in [4.69, 9.17) is 0 Å². The Labute approximate surface area is 116 Å². The van der Waals surface area contributed by atoms with Crippen LogP contribution in [-0.2, 0) is 11.2 Å². The molecule has 0 atom stereocenters. The molecule has 18 heavy (non-hydrogen) atoms. The van der Waals surface area contributed by atoms with Crippen molar-refractivity contribution in [1.29, 1.82) is 0 Å². The third kappa shape index (κ3) is 2.01. The first-order chi connectivity index (χ1) is 8.77. The smallest absolute Gasteiger partial charge is 0.253 e. The average molecular weight is 306 g/mol. The van der Waals surface area contributed by atoms with Gasteiger partial charge in [0.25, 0.3) is 5.91 Å².